The Balaban J connectivity index is 2.13. The summed E-state index contributed by atoms with van der Waals surface area (Å²) in [6.07, 6.45) is 0. The number of hydrogen-bond acceptors (Lipinski definition) is 5. The van der Waals surface area contributed by atoms with Crippen molar-refractivity contribution in [2.75, 3.05) is 5.43 Å². The second-order valence-electron chi connectivity index (χ2n) is 5.43. The molecule has 2 N–H and O–H groups in total. The lowest BCUT2D eigenvalue weighted by molar-refractivity contribution is 0.587. The minimum Gasteiger partial charge on any atom is -0.276 e. The summed E-state index contributed by atoms with van der Waals surface area (Å²) in [5.74, 6) is 0.575. The van der Waals surface area contributed by atoms with Crippen molar-refractivity contribution in [3.8, 4) is 0 Å². The molecular weight excluding hydrogens is 300 g/mol. The van der Waals surface area contributed by atoms with Gasteiger partial charge in [-0.25, -0.2) is 18.4 Å². The Morgan fingerprint density at radius 3 is 2.05 bits per heavy atom. The summed E-state index contributed by atoms with van der Waals surface area (Å²) < 4.78 is 24.5. The van der Waals surface area contributed by atoms with Gasteiger partial charge in [-0.2, -0.15) is 0 Å². The van der Waals surface area contributed by atoms with Gasteiger partial charge >= 0.3 is 0 Å². The SMILES string of the molecule is Cc1cc(C)nc(NNS(=O)(=O)c2ccc(C(C)C)cc2)n1. The van der Waals surface area contributed by atoms with E-state index < -0.39 is 10.0 Å². The number of hydrogen-bond donors (Lipinski definition) is 2. The van der Waals surface area contributed by atoms with E-state index in [2.05, 4.69) is 34.1 Å². The third-order valence-electron chi connectivity index (χ3n) is 3.14. The molecule has 0 atom stereocenters. The van der Waals surface area contributed by atoms with Crippen LogP contribution in [0.4, 0.5) is 5.95 Å². The fourth-order valence-electron chi connectivity index (χ4n) is 1.99. The van der Waals surface area contributed by atoms with Crippen LogP contribution in [0, 0.1) is 13.8 Å². The Hall–Kier alpha value is -1.99. The Kier molecular flexibility index (Phi) is 4.77. The molecule has 118 valence electrons. The summed E-state index contributed by atoms with van der Waals surface area (Å²) in [5.41, 5.74) is 5.15. The molecular formula is C15H20N4O2S. The van der Waals surface area contributed by atoms with Crippen LogP contribution in [0.2, 0.25) is 0 Å². The molecule has 1 aromatic heterocycles. The van der Waals surface area contributed by atoms with Crippen molar-refractivity contribution < 1.29 is 8.42 Å². The van der Waals surface area contributed by atoms with Gasteiger partial charge in [-0.05, 0) is 43.5 Å². The van der Waals surface area contributed by atoms with E-state index in [0.717, 1.165) is 17.0 Å². The standard InChI is InChI=1S/C15H20N4O2S/c1-10(2)13-5-7-14(8-6-13)22(20,21)19-18-15-16-11(3)9-12(4)17-15/h5-10,19H,1-4H3,(H,16,17,18). The van der Waals surface area contributed by atoms with Crippen LogP contribution < -0.4 is 10.3 Å². The highest BCUT2D eigenvalue weighted by Crippen LogP contribution is 2.17. The van der Waals surface area contributed by atoms with Gasteiger partial charge in [0, 0.05) is 11.4 Å². The van der Waals surface area contributed by atoms with Gasteiger partial charge in [-0.3, -0.25) is 5.43 Å². The van der Waals surface area contributed by atoms with Crippen LogP contribution in [-0.4, -0.2) is 18.4 Å². The quantitative estimate of drug-likeness (QED) is 0.827. The molecule has 2 aromatic rings. The van der Waals surface area contributed by atoms with Crippen molar-refractivity contribution in [1.29, 1.82) is 0 Å². The lowest BCUT2D eigenvalue weighted by Gasteiger charge is -2.10. The maximum absolute atomic E-state index is 12.2. The van der Waals surface area contributed by atoms with Crippen molar-refractivity contribution in [3.05, 3.63) is 47.3 Å². The molecule has 1 heterocycles. The van der Waals surface area contributed by atoms with E-state index in [1.54, 1.807) is 12.1 Å². The van der Waals surface area contributed by atoms with Crippen LogP contribution in [0.1, 0.15) is 36.7 Å². The van der Waals surface area contributed by atoms with Crippen molar-refractivity contribution in [2.45, 2.75) is 38.5 Å². The molecule has 0 aliphatic carbocycles. The molecule has 6 nitrogen and oxygen atoms in total. The van der Waals surface area contributed by atoms with E-state index in [9.17, 15) is 8.42 Å². The number of sulfonamides is 1. The molecule has 0 bridgehead atoms. The third-order valence-corrected chi connectivity index (χ3v) is 4.40. The first-order chi connectivity index (χ1) is 10.3. The zero-order valence-electron chi connectivity index (χ0n) is 13.1. The van der Waals surface area contributed by atoms with E-state index in [0.29, 0.717) is 5.92 Å². The summed E-state index contributed by atoms with van der Waals surface area (Å²) in [6, 6.07) is 8.60. The van der Waals surface area contributed by atoms with Crippen LogP contribution in [-0.2, 0) is 10.0 Å². The minimum atomic E-state index is -3.67. The molecule has 0 amide bonds. The lowest BCUT2D eigenvalue weighted by atomic mass is 10.0. The normalized spacial score (nSPS) is 11.7. The molecule has 0 fully saturated rings. The Labute approximate surface area is 131 Å². The number of hydrazine groups is 1. The average Bonchev–Trinajstić information content (AvgIpc) is 2.44. The van der Waals surface area contributed by atoms with Gasteiger partial charge in [-0.1, -0.05) is 26.0 Å². The molecule has 0 saturated heterocycles. The first-order valence-corrected chi connectivity index (χ1v) is 8.46. The summed E-state index contributed by atoms with van der Waals surface area (Å²) in [6.45, 7) is 7.75. The van der Waals surface area contributed by atoms with Crippen LogP contribution in [0.5, 0.6) is 0 Å². The minimum absolute atomic E-state index is 0.189. The molecule has 7 heteroatoms. The van der Waals surface area contributed by atoms with Crippen LogP contribution in [0.3, 0.4) is 0 Å². The first-order valence-electron chi connectivity index (χ1n) is 6.98. The molecule has 22 heavy (non-hydrogen) atoms. The Morgan fingerprint density at radius 1 is 1.00 bits per heavy atom. The second kappa shape index (κ2) is 6.41. The first kappa shape index (κ1) is 16.4. The van der Waals surface area contributed by atoms with Crippen LogP contribution >= 0.6 is 0 Å². The van der Waals surface area contributed by atoms with Gasteiger partial charge in [0.15, 0.2) is 0 Å². The molecule has 2 rings (SSSR count). The molecule has 0 saturated carbocycles. The highest BCUT2D eigenvalue weighted by Gasteiger charge is 2.14. The molecule has 0 aliphatic heterocycles. The zero-order valence-corrected chi connectivity index (χ0v) is 13.9. The predicted molar refractivity (Wildman–Crippen MR) is 86.0 cm³/mol. The number of nitrogens with zero attached hydrogens (tertiary/aromatic N) is 2. The molecule has 0 spiro atoms. The topological polar surface area (TPSA) is 84.0 Å². The van der Waals surface area contributed by atoms with Gasteiger partial charge in [0.05, 0.1) is 4.90 Å². The van der Waals surface area contributed by atoms with Crippen LogP contribution in [0.25, 0.3) is 0 Å². The second-order valence-corrected chi connectivity index (χ2v) is 7.11. The number of anilines is 1. The molecule has 0 aliphatic rings. The van der Waals surface area contributed by atoms with Crippen molar-refractivity contribution >= 4 is 16.0 Å². The summed E-state index contributed by atoms with van der Waals surface area (Å²) >= 11 is 0. The average molecular weight is 320 g/mol. The highest BCUT2D eigenvalue weighted by molar-refractivity contribution is 7.89. The van der Waals surface area contributed by atoms with E-state index in [-0.39, 0.29) is 10.8 Å². The Morgan fingerprint density at radius 2 is 1.55 bits per heavy atom. The van der Waals surface area contributed by atoms with Gasteiger partial charge in [0.25, 0.3) is 10.0 Å². The van der Waals surface area contributed by atoms with E-state index in [4.69, 9.17) is 0 Å². The molecule has 1 aromatic carbocycles. The summed E-state index contributed by atoms with van der Waals surface area (Å²) in [4.78, 5) is 10.7. The van der Waals surface area contributed by atoms with Gasteiger partial charge in [-0.15, -0.1) is 4.83 Å². The summed E-state index contributed by atoms with van der Waals surface area (Å²) in [5, 5.41) is 0. The van der Waals surface area contributed by atoms with Crippen molar-refractivity contribution in [1.82, 2.24) is 14.8 Å². The fraction of sp³-hybridized carbons (Fsp3) is 0.333. The maximum atomic E-state index is 12.2. The van der Waals surface area contributed by atoms with E-state index in [1.807, 2.05) is 32.0 Å². The lowest BCUT2D eigenvalue weighted by Crippen LogP contribution is -2.30. The van der Waals surface area contributed by atoms with Crippen molar-refractivity contribution in [2.24, 2.45) is 0 Å². The number of aryl methyl sites for hydroxylation is 2. The van der Waals surface area contributed by atoms with Gasteiger partial charge in [0.1, 0.15) is 0 Å². The molecule has 0 radical (unpaired) electrons. The van der Waals surface area contributed by atoms with Crippen LogP contribution in [0.15, 0.2) is 35.2 Å². The van der Waals surface area contributed by atoms with Gasteiger partial charge < -0.3 is 0 Å². The van der Waals surface area contributed by atoms with E-state index >= 15 is 0 Å². The molecule has 0 unspecified atom stereocenters. The fourth-order valence-corrected chi connectivity index (χ4v) is 2.82. The Bertz CT molecular complexity index is 735. The maximum Gasteiger partial charge on any atom is 0.257 e. The monoisotopic (exact) mass is 320 g/mol. The van der Waals surface area contributed by atoms with E-state index in [1.165, 1.54) is 0 Å². The number of rotatable bonds is 5. The highest BCUT2D eigenvalue weighted by atomic mass is 32.2. The number of nitrogens with one attached hydrogen (secondary N) is 2. The van der Waals surface area contributed by atoms with Gasteiger partial charge in [0.2, 0.25) is 5.95 Å². The largest absolute Gasteiger partial charge is 0.276 e. The predicted octanol–water partition coefficient (Wildman–Crippen LogP) is 2.52. The summed E-state index contributed by atoms with van der Waals surface area (Å²) in [7, 11) is -3.67. The van der Waals surface area contributed by atoms with Crippen molar-refractivity contribution in [3.63, 3.8) is 0 Å². The number of aromatic nitrogens is 2. The smallest absolute Gasteiger partial charge is 0.257 e. The zero-order chi connectivity index (χ0) is 16.3. The number of benzene rings is 1. The third kappa shape index (κ3) is 4.02.